The standard InChI is InChI=1S/C35H39N6O23P3S4/c1-35(2,69-68-15-59-23-12-26(41-10-9-25(38)40-34(41)45)61-24(23)13-60-66(49,50)64-67(51,52)63-65(46,47)48)14-39-32(42)16-3-4-17(20(11-16)33(43)44)27-18-5-7-21(36)30(70(53,54)55)28(18)62-29-19(27)6-8-22(37)31(29)71(56,57)58/h3-11,23-24,26,36H,12-15,37H2,1-2H3,(H,39,42)(H,43,44)(H,49,50)(H,51,52)(H2,38,40,45)(H2,46,47,48)(H,53,54,55)(H,56,57,58)/t23-,24-,26-/m1/s1. The molecule has 2 aliphatic heterocycles. The van der Waals surface area contributed by atoms with Gasteiger partial charge in [-0.25, -0.2) is 23.3 Å². The van der Waals surface area contributed by atoms with Crippen LogP contribution in [0.15, 0.2) is 73.7 Å². The Balaban J connectivity index is 1.18. The number of aromatic nitrogens is 2. The molecule has 0 bridgehead atoms. The van der Waals surface area contributed by atoms with Crippen LogP contribution in [-0.4, -0.2) is 108 Å². The zero-order valence-electron chi connectivity index (χ0n) is 35.9. The minimum absolute atomic E-state index is 0.0683. The zero-order valence-corrected chi connectivity index (χ0v) is 41.9. The van der Waals surface area contributed by atoms with Gasteiger partial charge in [0.05, 0.1) is 29.3 Å². The first-order valence-electron chi connectivity index (χ1n) is 19.3. The van der Waals surface area contributed by atoms with Crippen molar-refractivity contribution in [2.75, 3.05) is 30.6 Å². The first-order chi connectivity index (χ1) is 32.7. The van der Waals surface area contributed by atoms with E-state index in [1.54, 1.807) is 13.8 Å². The van der Waals surface area contributed by atoms with Gasteiger partial charge in [0, 0.05) is 46.0 Å². The summed E-state index contributed by atoms with van der Waals surface area (Å²) < 4.78 is 135. The van der Waals surface area contributed by atoms with E-state index in [1.807, 2.05) is 0 Å². The highest BCUT2D eigenvalue weighted by atomic mass is 33.1. The molecule has 2 aromatic carbocycles. The lowest BCUT2D eigenvalue weighted by atomic mass is 9.89. The van der Waals surface area contributed by atoms with Gasteiger partial charge in [-0.2, -0.15) is 30.4 Å². The number of phosphoric acid groups is 3. The third kappa shape index (κ3) is 13.5. The minimum Gasteiger partial charge on any atom is -0.478 e. The van der Waals surface area contributed by atoms with E-state index in [-0.39, 0.29) is 52.4 Å². The van der Waals surface area contributed by atoms with Crippen LogP contribution in [0.1, 0.15) is 47.2 Å². The van der Waals surface area contributed by atoms with Gasteiger partial charge in [-0.15, -0.1) is 0 Å². The fourth-order valence-electron chi connectivity index (χ4n) is 6.91. The second kappa shape index (κ2) is 20.7. The molecule has 1 aliphatic carbocycles. The molecule has 29 nitrogen and oxygen atoms in total. The molecule has 71 heavy (non-hydrogen) atoms. The van der Waals surface area contributed by atoms with Crippen molar-refractivity contribution >= 4 is 99.6 Å². The van der Waals surface area contributed by atoms with Gasteiger partial charge in [-0.05, 0) is 61.9 Å². The number of phosphoric ester groups is 1. The molecule has 2 unspecified atom stereocenters. The van der Waals surface area contributed by atoms with Crippen molar-refractivity contribution < 1.29 is 101 Å². The molecule has 3 aromatic rings. The number of ether oxygens (including phenoxy) is 2. The van der Waals surface area contributed by atoms with Crippen LogP contribution in [-0.2, 0) is 56.6 Å². The van der Waals surface area contributed by atoms with Crippen LogP contribution >= 0.6 is 45.1 Å². The molecule has 13 N–H and O–H groups in total. The second-order valence-corrected chi connectivity index (χ2v) is 25.5. The van der Waals surface area contributed by atoms with Crippen LogP contribution in [0.2, 0.25) is 0 Å². The molecule has 1 amide bonds. The first kappa shape index (κ1) is 55.7. The number of carbonyl (C=O) groups is 2. The van der Waals surface area contributed by atoms with E-state index >= 15 is 0 Å². The molecule has 5 atom stereocenters. The summed E-state index contributed by atoms with van der Waals surface area (Å²) in [6.07, 6.45) is -2.32. The van der Waals surface area contributed by atoms with Crippen LogP contribution in [0.3, 0.4) is 0 Å². The summed E-state index contributed by atoms with van der Waals surface area (Å²) >= 11 is 0. The Morgan fingerprint density at radius 3 is 2.24 bits per heavy atom. The average Bonchev–Trinajstić information content (AvgIpc) is 3.62. The van der Waals surface area contributed by atoms with E-state index in [1.165, 1.54) is 41.3 Å². The van der Waals surface area contributed by atoms with Crippen LogP contribution in [0, 0.1) is 5.41 Å². The summed E-state index contributed by atoms with van der Waals surface area (Å²) in [7, 11) is -25.3. The van der Waals surface area contributed by atoms with E-state index in [4.69, 9.17) is 45.1 Å². The molecule has 386 valence electrons. The van der Waals surface area contributed by atoms with Crippen molar-refractivity contribution in [1.82, 2.24) is 14.9 Å². The monoisotopic (exact) mass is 1130 g/mol. The van der Waals surface area contributed by atoms with E-state index in [9.17, 15) is 68.9 Å². The highest BCUT2D eigenvalue weighted by Gasteiger charge is 2.44. The highest BCUT2D eigenvalue weighted by molar-refractivity contribution is 8.77. The van der Waals surface area contributed by atoms with Gasteiger partial charge >= 0.3 is 35.1 Å². The number of amides is 1. The number of nitrogens with one attached hydrogen (secondary N) is 2. The number of nitrogens with two attached hydrogens (primary N) is 2. The zero-order chi connectivity index (χ0) is 52.8. The van der Waals surface area contributed by atoms with E-state index < -0.39 is 129 Å². The molecule has 1 saturated heterocycles. The Hall–Kier alpha value is -4.60. The van der Waals surface area contributed by atoms with Crippen molar-refractivity contribution in [2.45, 2.75) is 53.2 Å². The van der Waals surface area contributed by atoms with Crippen molar-refractivity contribution in [3.05, 3.63) is 81.7 Å². The van der Waals surface area contributed by atoms with Crippen molar-refractivity contribution in [2.24, 2.45) is 0 Å². The van der Waals surface area contributed by atoms with Gasteiger partial charge < -0.3 is 55.4 Å². The Kier molecular flexibility index (Phi) is 16.3. The van der Waals surface area contributed by atoms with Gasteiger partial charge in [-0.1, -0.05) is 27.7 Å². The summed E-state index contributed by atoms with van der Waals surface area (Å²) in [5, 5.41) is 20.3. The molecule has 6 rings (SSSR count). The average molecular weight is 1130 g/mol. The van der Waals surface area contributed by atoms with E-state index in [0.29, 0.717) is 0 Å². The molecule has 36 heteroatoms. The number of carboxylic acid groups (broad SMARTS) is 1. The molecule has 1 aromatic heterocycles. The smallest absolute Gasteiger partial charge is 0.478 e. The van der Waals surface area contributed by atoms with Crippen molar-refractivity contribution in [1.29, 1.82) is 5.41 Å². The molecule has 3 heterocycles. The van der Waals surface area contributed by atoms with E-state index in [0.717, 1.165) is 39.6 Å². The Morgan fingerprint density at radius 2 is 1.62 bits per heavy atom. The summed E-state index contributed by atoms with van der Waals surface area (Å²) in [5.74, 6) is -3.46. The van der Waals surface area contributed by atoms with Gasteiger partial charge in [0.15, 0.2) is 21.1 Å². The Bertz CT molecular complexity index is 3420. The molecule has 0 saturated carbocycles. The number of aromatic carboxylic acids is 1. The van der Waals surface area contributed by atoms with Gasteiger partial charge in [0.25, 0.3) is 26.1 Å². The number of nitrogen functional groups attached to an aromatic ring is 2. The molecule has 0 radical (unpaired) electrons. The maximum Gasteiger partial charge on any atom is 0.490 e. The highest BCUT2D eigenvalue weighted by Crippen LogP contribution is 2.66. The van der Waals surface area contributed by atoms with Gasteiger partial charge in [-0.3, -0.25) is 28.4 Å². The maximum atomic E-state index is 13.6. The number of hydrogen-bond acceptors (Lipinski definition) is 22. The normalized spacial score (nSPS) is 18.6. The fraction of sp³-hybridized carbons (Fsp3) is 0.286. The SMILES string of the molecule is CC(C)(CNC(=O)c1ccc(-c2c3ccc(=N)c(S(=O)(=O)O)c-3oc3c(S(=O)(=O)O)c(N)ccc23)c(C(=O)O)c1)SSCO[C@@H]1C[C@H](n2ccc(N)nc2=O)O[C@@H]1COP(=O)(O)OP(=O)(O)OP(=O)(O)O. The van der Waals surface area contributed by atoms with Crippen molar-refractivity contribution in [3.63, 3.8) is 0 Å². The minimum atomic E-state index is -5.85. The first-order valence-corrected chi connectivity index (χ1v) is 29.1. The topological polar surface area (TPSA) is 477 Å². The summed E-state index contributed by atoms with van der Waals surface area (Å²) in [6.45, 7) is 2.44. The lowest BCUT2D eigenvalue weighted by molar-refractivity contribution is -0.0543. The van der Waals surface area contributed by atoms with Gasteiger partial charge in [0.1, 0.15) is 24.1 Å². The summed E-state index contributed by atoms with van der Waals surface area (Å²) in [5.41, 5.74) is 7.83. The molecular formula is C35H39N6O23P3S4. The number of nitrogens with zero attached hydrogens (tertiary/aromatic N) is 2. The number of fused-ring (bicyclic) bond motifs is 2. The number of carbonyl (C=O) groups excluding carboxylic acids is 1. The Labute approximate surface area is 407 Å². The van der Waals surface area contributed by atoms with E-state index in [2.05, 4.69) is 18.9 Å². The number of anilines is 2. The molecule has 0 spiro atoms. The number of benzene rings is 3. The van der Waals surface area contributed by atoms with Crippen LogP contribution in [0.5, 0.6) is 0 Å². The third-order valence-electron chi connectivity index (χ3n) is 9.74. The predicted octanol–water partition coefficient (Wildman–Crippen LogP) is 3.16. The van der Waals surface area contributed by atoms with Gasteiger partial charge in [0.2, 0.25) is 0 Å². The molecular weight excluding hydrogens is 1090 g/mol. The number of carboxylic acids is 1. The fourth-order valence-corrected chi connectivity index (χ4v) is 13.6. The summed E-state index contributed by atoms with van der Waals surface area (Å²) in [6, 6.07) is 8.99. The predicted molar refractivity (Wildman–Crippen MR) is 248 cm³/mol. The van der Waals surface area contributed by atoms with Crippen LogP contribution in [0.25, 0.3) is 33.4 Å². The quantitative estimate of drug-likeness (QED) is 0.0101. The third-order valence-corrected chi connectivity index (χ3v) is 18.3. The molecule has 3 aliphatic rings. The Morgan fingerprint density at radius 1 is 0.958 bits per heavy atom. The summed E-state index contributed by atoms with van der Waals surface area (Å²) in [4.78, 5) is 77.5. The lowest BCUT2D eigenvalue weighted by Gasteiger charge is -2.25. The van der Waals surface area contributed by atoms with Crippen LogP contribution in [0.4, 0.5) is 11.5 Å². The maximum absolute atomic E-state index is 13.6. The second-order valence-electron chi connectivity index (χ2n) is 15.4. The number of hydrogen-bond donors (Lipinski definition) is 11. The largest absolute Gasteiger partial charge is 0.490 e. The van der Waals surface area contributed by atoms with Crippen LogP contribution < -0.4 is 27.8 Å². The molecule has 1 fully saturated rings. The van der Waals surface area contributed by atoms with Crippen molar-refractivity contribution in [3.8, 4) is 22.5 Å². The lowest BCUT2D eigenvalue weighted by Crippen LogP contribution is -2.36. The number of rotatable bonds is 20.